The molecule has 18 heteroatoms. The number of aliphatic imine (C=N–C) groups is 1. The number of anilines is 1. The van der Waals surface area contributed by atoms with E-state index >= 15 is 0 Å². The number of carbonyl (C=O) groups is 3. The second kappa shape index (κ2) is 20.2. The highest BCUT2D eigenvalue weighted by atomic mass is 32.1. The summed E-state index contributed by atoms with van der Waals surface area (Å²) in [5, 5.41) is 29.2. The van der Waals surface area contributed by atoms with Crippen molar-refractivity contribution in [3.8, 4) is 10.7 Å². The molecule has 338 valence electrons. The summed E-state index contributed by atoms with van der Waals surface area (Å²) in [7, 11) is 3.72. The van der Waals surface area contributed by atoms with E-state index in [1.54, 1.807) is 46.0 Å². The number of thiazole rings is 1. The number of nitrogens with two attached hydrogens (primary N) is 1. The number of nitrogens with zero attached hydrogens (tertiary/aromatic N) is 5. The molecule has 3 aliphatic rings. The standard InChI is InChI=1S/C43H64N6O11S/c1-12-32-43(9,54)38-24(4)34(46-27(7)50)22(2)17-42(8,56-20-28(19-55-38)48-57-21-29-18-45-39(61-29)30-14-13-15-33(44)47-30)37(25(5)35(51)26(6)40(53)59-32)60-41-36(52)31(49(10)11)16-23(3)58-41/h13-15,18,22-26,31-32,36-38,41,52,54H,12,16-17,19-21H2,1-11H3,(H2,44,47)/b46-34?,48-28+/t22-,23-,24+,25+,26-,31+,32-,36-,37-,38+,41-,42-,43-/m1/s1. The van der Waals surface area contributed by atoms with Crippen molar-refractivity contribution < 1.29 is 53.1 Å². The smallest absolute Gasteiger partial charge is 0.316 e. The Kier molecular flexibility index (Phi) is 16.0. The number of nitrogen functional groups attached to an aromatic ring is 1. The number of hydrogen-bond donors (Lipinski definition) is 3. The van der Waals surface area contributed by atoms with Crippen LogP contribution in [0.1, 0.15) is 86.5 Å². The minimum absolute atomic E-state index is 0.0376. The number of aromatic nitrogens is 2. The molecule has 3 saturated heterocycles. The van der Waals surface area contributed by atoms with E-state index in [0.29, 0.717) is 28.7 Å². The molecule has 0 unspecified atom stereocenters. The molecule has 17 nitrogen and oxygen atoms in total. The summed E-state index contributed by atoms with van der Waals surface area (Å²) in [6, 6.07) is 4.98. The Morgan fingerprint density at radius 1 is 1.11 bits per heavy atom. The molecule has 5 heterocycles. The summed E-state index contributed by atoms with van der Waals surface area (Å²) in [5.41, 5.74) is 3.92. The number of amides is 1. The minimum atomic E-state index is -1.86. The lowest BCUT2D eigenvalue weighted by Gasteiger charge is -2.47. The van der Waals surface area contributed by atoms with Crippen molar-refractivity contribution in [3.63, 3.8) is 0 Å². The highest BCUT2D eigenvalue weighted by Gasteiger charge is 2.53. The maximum atomic E-state index is 14.5. The van der Waals surface area contributed by atoms with E-state index in [4.69, 9.17) is 34.3 Å². The molecule has 2 aromatic rings. The Balaban J connectivity index is 1.63. The molecule has 0 aliphatic carbocycles. The van der Waals surface area contributed by atoms with Crippen LogP contribution in [0.15, 0.2) is 34.5 Å². The van der Waals surface area contributed by atoms with Gasteiger partial charge in [0, 0.05) is 36.7 Å². The second-order valence-electron chi connectivity index (χ2n) is 17.4. The monoisotopic (exact) mass is 872 g/mol. The van der Waals surface area contributed by atoms with Crippen molar-refractivity contribution in [2.75, 3.05) is 33.0 Å². The van der Waals surface area contributed by atoms with Crippen LogP contribution in [0, 0.1) is 23.7 Å². The molecule has 61 heavy (non-hydrogen) atoms. The van der Waals surface area contributed by atoms with E-state index < -0.39 is 83.2 Å². The number of esters is 1. The average Bonchev–Trinajstić information content (AvgIpc) is 3.67. The number of aliphatic hydroxyl groups excluding tert-OH is 1. The number of ketones is 1. The van der Waals surface area contributed by atoms with Gasteiger partial charge in [-0.2, -0.15) is 0 Å². The molecule has 13 atom stereocenters. The fourth-order valence-electron chi connectivity index (χ4n) is 8.86. The molecule has 3 aliphatic heterocycles. The lowest BCUT2D eigenvalue weighted by molar-refractivity contribution is -0.296. The fourth-order valence-corrected chi connectivity index (χ4v) is 9.65. The molecule has 0 radical (unpaired) electrons. The number of fused-ring (bicyclic) bond motifs is 5. The summed E-state index contributed by atoms with van der Waals surface area (Å²) in [4.78, 5) is 63.1. The van der Waals surface area contributed by atoms with Gasteiger partial charge in [-0.1, -0.05) is 38.9 Å². The number of carbonyl (C=O) groups excluding carboxylic acids is 3. The van der Waals surface area contributed by atoms with Crippen molar-refractivity contribution in [1.82, 2.24) is 14.9 Å². The lowest BCUT2D eigenvalue weighted by atomic mass is 9.73. The van der Waals surface area contributed by atoms with Crippen LogP contribution < -0.4 is 5.73 Å². The van der Waals surface area contributed by atoms with Gasteiger partial charge in [-0.25, -0.2) is 15.0 Å². The number of cyclic esters (lactones) is 1. The zero-order valence-corrected chi connectivity index (χ0v) is 38.0. The third-order valence-corrected chi connectivity index (χ3v) is 13.1. The molecule has 0 spiro atoms. The second-order valence-corrected chi connectivity index (χ2v) is 18.5. The van der Waals surface area contributed by atoms with Gasteiger partial charge in [-0.3, -0.25) is 14.4 Å². The summed E-state index contributed by atoms with van der Waals surface area (Å²) in [6.45, 7) is 14.7. The van der Waals surface area contributed by atoms with Crippen molar-refractivity contribution in [2.45, 2.75) is 142 Å². The first-order valence-corrected chi connectivity index (χ1v) is 21.8. The number of hydrogen-bond acceptors (Lipinski definition) is 17. The predicted molar refractivity (Wildman–Crippen MR) is 229 cm³/mol. The minimum Gasteiger partial charge on any atom is -0.459 e. The van der Waals surface area contributed by atoms with Crippen molar-refractivity contribution >= 4 is 46.2 Å². The largest absolute Gasteiger partial charge is 0.459 e. The first-order chi connectivity index (χ1) is 28.7. The fraction of sp³-hybridized carbons (Fsp3) is 0.698. The Bertz CT molecular complexity index is 1920. The molecule has 3 fully saturated rings. The first kappa shape index (κ1) is 48.3. The number of pyridine rings is 1. The highest BCUT2D eigenvalue weighted by molar-refractivity contribution is 7.14. The van der Waals surface area contributed by atoms with E-state index in [1.807, 2.05) is 38.9 Å². The Hall–Kier alpha value is -3.75. The van der Waals surface area contributed by atoms with Gasteiger partial charge in [0.2, 0.25) is 5.91 Å². The van der Waals surface area contributed by atoms with E-state index in [1.165, 1.54) is 32.1 Å². The lowest BCUT2D eigenvalue weighted by Crippen LogP contribution is -2.60. The number of ether oxygens (including phenoxy) is 5. The van der Waals surface area contributed by atoms with Crippen LogP contribution in [-0.4, -0.2) is 136 Å². The van der Waals surface area contributed by atoms with E-state index in [0.717, 1.165) is 4.88 Å². The van der Waals surface area contributed by atoms with E-state index in [-0.39, 0.29) is 50.5 Å². The quantitative estimate of drug-likeness (QED) is 0.192. The first-order valence-electron chi connectivity index (χ1n) is 21.0. The summed E-state index contributed by atoms with van der Waals surface area (Å²) >= 11 is 1.36. The van der Waals surface area contributed by atoms with Crippen molar-refractivity contribution in [1.29, 1.82) is 0 Å². The van der Waals surface area contributed by atoms with Gasteiger partial charge in [0.15, 0.2) is 18.7 Å². The summed E-state index contributed by atoms with van der Waals surface area (Å²) in [6.07, 6.45) is -3.54. The summed E-state index contributed by atoms with van der Waals surface area (Å²) in [5.74, 6) is -5.01. The van der Waals surface area contributed by atoms with Crippen LogP contribution in [0.25, 0.3) is 10.7 Å². The van der Waals surface area contributed by atoms with Crippen LogP contribution in [0.2, 0.25) is 0 Å². The molecular weight excluding hydrogens is 809 g/mol. The van der Waals surface area contributed by atoms with Crippen LogP contribution in [-0.2, 0) is 49.5 Å². The Morgan fingerprint density at radius 3 is 2.49 bits per heavy atom. The highest BCUT2D eigenvalue weighted by Crippen LogP contribution is 2.40. The van der Waals surface area contributed by atoms with E-state index in [9.17, 15) is 24.6 Å². The average molecular weight is 873 g/mol. The van der Waals surface area contributed by atoms with Gasteiger partial charge in [-0.05, 0) is 79.1 Å². The zero-order chi connectivity index (χ0) is 45.0. The Labute approximate surface area is 362 Å². The topological polar surface area (TPSA) is 227 Å². The molecule has 2 bridgehead atoms. The number of aliphatic hydroxyl groups is 2. The van der Waals surface area contributed by atoms with Gasteiger partial charge in [0.1, 0.15) is 46.0 Å². The van der Waals surface area contributed by atoms with Crippen LogP contribution >= 0.6 is 11.3 Å². The maximum absolute atomic E-state index is 14.5. The number of likely N-dealkylation sites (N-methyl/N-ethyl adjacent to an activating group) is 1. The van der Waals surface area contributed by atoms with E-state index in [2.05, 4.69) is 20.1 Å². The van der Waals surface area contributed by atoms with Crippen LogP contribution in [0.4, 0.5) is 5.82 Å². The SMILES string of the molecule is CC[C@H]1OC(=O)[C@H](C)C(=O)[C@H](C)[C@@H](O[C@H]2O[C@H](C)C[C@H](N(C)C)[C@H]2O)[C@@]2(C)C[C@@H](C)C(=NC(C)=O)[C@H](C)[C@H](OC/C(=N\OCc3cnc(-c4cccc(N)n4)s3)CO2)[C@]1(C)O. The van der Waals surface area contributed by atoms with Gasteiger partial charge in [0.05, 0.1) is 42.0 Å². The number of rotatable bonds is 8. The zero-order valence-electron chi connectivity index (χ0n) is 37.2. The molecule has 0 saturated carbocycles. The van der Waals surface area contributed by atoms with Crippen LogP contribution in [0.3, 0.4) is 0 Å². The summed E-state index contributed by atoms with van der Waals surface area (Å²) < 4.78 is 32.5. The van der Waals surface area contributed by atoms with Gasteiger partial charge in [-0.15, -0.1) is 11.3 Å². The number of Topliss-reactive ketones (excluding diaryl/α,β-unsaturated/α-hetero) is 1. The van der Waals surface area contributed by atoms with Crippen molar-refractivity contribution in [3.05, 3.63) is 29.3 Å². The normalized spacial score (nSPS) is 37.2. The van der Waals surface area contributed by atoms with Crippen molar-refractivity contribution in [2.24, 2.45) is 33.8 Å². The third-order valence-electron chi connectivity index (χ3n) is 12.1. The molecular formula is C43H64N6O11S. The van der Waals surface area contributed by atoms with Gasteiger partial charge >= 0.3 is 5.97 Å². The molecule has 0 aromatic carbocycles. The molecule has 1 amide bonds. The predicted octanol–water partition coefficient (Wildman–Crippen LogP) is 4.22. The maximum Gasteiger partial charge on any atom is 0.316 e. The Morgan fingerprint density at radius 2 is 1.84 bits per heavy atom. The van der Waals surface area contributed by atoms with Gasteiger partial charge in [0.25, 0.3) is 0 Å². The third kappa shape index (κ3) is 11.3. The molecule has 2 aromatic heterocycles. The van der Waals surface area contributed by atoms with Crippen LogP contribution in [0.5, 0.6) is 0 Å². The van der Waals surface area contributed by atoms with Gasteiger partial charge < -0.3 is 49.4 Å². The number of oxime groups is 1. The molecule has 5 rings (SSSR count). The molecule has 4 N–H and O–H groups in total.